The summed E-state index contributed by atoms with van der Waals surface area (Å²) < 4.78 is 14.2. The Bertz CT molecular complexity index is 885. The molecule has 0 spiro atoms. The van der Waals surface area contributed by atoms with Crippen LogP contribution in [-0.2, 0) is 22.6 Å². The first-order valence-corrected chi connectivity index (χ1v) is 10.2. The lowest BCUT2D eigenvalue weighted by Gasteiger charge is -2.29. The first kappa shape index (κ1) is 23.5. The van der Waals surface area contributed by atoms with E-state index in [0.29, 0.717) is 15.6 Å². The molecule has 1 atom stereocenters. The van der Waals surface area contributed by atoms with Gasteiger partial charge in [-0.3, -0.25) is 9.59 Å². The first-order chi connectivity index (χ1) is 13.6. The summed E-state index contributed by atoms with van der Waals surface area (Å²) in [5, 5.41) is 3.68. The number of hydrogen-bond acceptors (Lipinski definition) is 2. The van der Waals surface area contributed by atoms with Crippen molar-refractivity contribution < 1.29 is 14.0 Å². The molecular formula is C21H22Cl3FN2O2. The summed E-state index contributed by atoms with van der Waals surface area (Å²) in [6, 6.07) is 8.33. The predicted molar refractivity (Wildman–Crippen MR) is 115 cm³/mol. The molecule has 2 aromatic carbocycles. The molecule has 156 valence electrons. The van der Waals surface area contributed by atoms with Gasteiger partial charge in [0.15, 0.2) is 0 Å². The highest BCUT2D eigenvalue weighted by Crippen LogP contribution is 2.25. The normalized spacial score (nSPS) is 12.0. The fraction of sp³-hybridized carbons (Fsp3) is 0.333. The van der Waals surface area contributed by atoms with Gasteiger partial charge < -0.3 is 10.2 Å². The van der Waals surface area contributed by atoms with Crippen molar-refractivity contribution in [2.75, 3.05) is 0 Å². The van der Waals surface area contributed by atoms with Gasteiger partial charge in [0.1, 0.15) is 11.9 Å². The fourth-order valence-electron chi connectivity index (χ4n) is 2.78. The molecule has 2 aromatic rings. The molecule has 0 fully saturated rings. The molecule has 0 heterocycles. The number of hydrogen-bond donors (Lipinski definition) is 1. The van der Waals surface area contributed by atoms with Crippen LogP contribution in [0.5, 0.6) is 0 Å². The van der Waals surface area contributed by atoms with Gasteiger partial charge in [-0.2, -0.15) is 0 Å². The Labute approximate surface area is 184 Å². The lowest BCUT2D eigenvalue weighted by atomic mass is 10.1. The molecule has 0 aliphatic heterocycles. The molecule has 29 heavy (non-hydrogen) atoms. The summed E-state index contributed by atoms with van der Waals surface area (Å²) in [5.41, 5.74) is 0.784. The van der Waals surface area contributed by atoms with E-state index in [4.69, 9.17) is 34.8 Å². The Morgan fingerprint density at radius 3 is 2.31 bits per heavy atom. The van der Waals surface area contributed by atoms with E-state index in [0.717, 1.165) is 0 Å². The third kappa shape index (κ3) is 6.33. The lowest BCUT2D eigenvalue weighted by Crippen LogP contribution is -2.49. The maximum atomic E-state index is 14.2. The maximum Gasteiger partial charge on any atom is 0.242 e. The minimum atomic E-state index is -0.787. The number of halogens is 4. The van der Waals surface area contributed by atoms with Crippen LogP contribution in [0.4, 0.5) is 4.39 Å². The molecule has 0 aliphatic carbocycles. The molecule has 0 aliphatic rings. The van der Waals surface area contributed by atoms with Crippen LogP contribution in [-0.4, -0.2) is 28.8 Å². The van der Waals surface area contributed by atoms with E-state index in [1.54, 1.807) is 25.1 Å². The van der Waals surface area contributed by atoms with Crippen LogP contribution in [0.3, 0.4) is 0 Å². The highest BCUT2D eigenvalue weighted by molar-refractivity contribution is 6.42. The zero-order valence-corrected chi connectivity index (χ0v) is 18.6. The third-order valence-corrected chi connectivity index (χ3v) is 5.42. The number of nitrogens with one attached hydrogen (secondary N) is 1. The zero-order valence-electron chi connectivity index (χ0n) is 16.3. The fourth-order valence-corrected chi connectivity index (χ4v) is 3.33. The van der Waals surface area contributed by atoms with Gasteiger partial charge in [0.25, 0.3) is 0 Å². The Balaban J connectivity index is 2.33. The molecule has 0 saturated heterocycles. The van der Waals surface area contributed by atoms with Crippen molar-refractivity contribution in [1.29, 1.82) is 0 Å². The molecule has 0 radical (unpaired) electrons. The van der Waals surface area contributed by atoms with E-state index < -0.39 is 17.8 Å². The maximum absolute atomic E-state index is 14.2. The number of carbonyl (C=O) groups excluding carboxylic acids is 2. The van der Waals surface area contributed by atoms with E-state index in [9.17, 15) is 14.0 Å². The summed E-state index contributed by atoms with van der Waals surface area (Å²) in [6.45, 7) is 5.38. The van der Waals surface area contributed by atoms with E-state index in [-0.39, 0.29) is 35.5 Å². The van der Waals surface area contributed by atoms with E-state index >= 15 is 0 Å². The smallest absolute Gasteiger partial charge is 0.242 e. The summed E-state index contributed by atoms with van der Waals surface area (Å²) in [5.74, 6) is -1.32. The minimum Gasteiger partial charge on any atom is -0.352 e. The monoisotopic (exact) mass is 458 g/mol. The van der Waals surface area contributed by atoms with E-state index in [1.165, 1.54) is 23.1 Å². The molecule has 0 bridgehead atoms. The van der Waals surface area contributed by atoms with Crippen LogP contribution >= 0.6 is 34.8 Å². The van der Waals surface area contributed by atoms with Gasteiger partial charge in [0.2, 0.25) is 11.8 Å². The van der Waals surface area contributed by atoms with Crippen molar-refractivity contribution in [2.24, 2.45) is 0 Å². The van der Waals surface area contributed by atoms with Gasteiger partial charge in [0, 0.05) is 23.2 Å². The number of carbonyl (C=O) groups is 2. The average molecular weight is 460 g/mol. The Morgan fingerprint density at radius 2 is 1.72 bits per heavy atom. The molecule has 2 amide bonds. The largest absolute Gasteiger partial charge is 0.352 e. The Morgan fingerprint density at radius 1 is 1.03 bits per heavy atom. The molecule has 4 nitrogen and oxygen atoms in total. The van der Waals surface area contributed by atoms with Crippen molar-refractivity contribution in [1.82, 2.24) is 10.2 Å². The van der Waals surface area contributed by atoms with Gasteiger partial charge in [-0.15, -0.1) is 0 Å². The van der Waals surface area contributed by atoms with Crippen LogP contribution in [0.15, 0.2) is 36.4 Å². The zero-order chi connectivity index (χ0) is 21.7. The van der Waals surface area contributed by atoms with Crippen molar-refractivity contribution >= 4 is 46.6 Å². The summed E-state index contributed by atoms with van der Waals surface area (Å²) in [4.78, 5) is 27.0. The van der Waals surface area contributed by atoms with Crippen LogP contribution < -0.4 is 5.32 Å². The van der Waals surface area contributed by atoms with Crippen molar-refractivity contribution in [3.05, 3.63) is 68.4 Å². The lowest BCUT2D eigenvalue weighted by molar-refractivity contribution is -0.140. The number of nitrogens with zero attached hydrogens (tertiary/aromatic N) is 1. The van der Waals surface area contributed by atoms with E-state index in [1.807, 2.05) is 13.8 Å². The highest BCUT2D eigenvalue weighted by atomic mass is 35.5. The second kappa shape index (κ2) is 10.3. The molecule has 0 saturated carbocycles. The highest BCUT2D eigenvalue weighted by Gasteiger charge is 2.27. The quantitative estimate of drug-likeness (QED) is 0.613. The van der Waals surface area contributed by atoms with Crippen LogP contribution in [0.1, 0.15) is 31.9 Å². The van der Waals surface area contributed by atoms with Crippen LogP contribution in [0, 0.1) is 5.82 Å². The second-order valence-electron chi connectivity index (χ2n) is 6.99. The molecule has 2 rings (SSSR count). The molecule has 0 aromatic heterocycles. The van der Waals surface area contributed by atoms with Gasteiger partial charge in [0.05, 0.1) is 16.5 Å². The van der Waals surface area contributed by atoms with Crippen LogP contribution in [0.25, 0.3) is 0 Å². The van der Waals surface area contributed by atoms with Crippen LogP contribution in [0.2, 0.25) is 15.1 Å². The third-order valence-electron chi connectivity index (χ3n) is 4.32. The Kier molecular flexibility index (Phi) is 8.32. The van der Waals surface area contributed by atoms with Crippen molar-refractivity contribution in [2.45, 2.75) is 45.8 Å². The Hall–Kier alpha value is -1.82. The predicted octanol–water partition coefficient (Wildman–Crippen LogP) is 5.27. The molecule has 1 unspecified atom stereocenters. The molecule has 8 heteroatoms. The van der Waals surface area contributed by atoms with E-state index in [2.05, 4.69) is 5.32 Å². The van der Waals surface area contributed by atoms with Crippen molar-refractivity contribution in [3.8, 4) is 0 Å². The first-order valence-electron chi connectivity index (χ1n) is 9.06. The molecule has 1 N–H and O–H groups in total. The molecular weight excluding hydrogens is 438 g/mol. The number of benzene rings is 2. The second-order valence-corrected chi connectivity index (χ2v) is 8.21. The van der Waals surface area contributed by atoms with Gasteiger partial charge in [-0.1, -0.05) is 46.9 Å². The van der Waals surface area contributed by atoms with Gasteiger partial charge >= 0.3 is 0 Å². The average Bonchev–Trinajstić information content (AvgIpc) is 2.64. The SMILES string of the molecule is CC(C)NC(=O)C(C)N(Cc1ccc(Cl)c(Cl)c1)C(=O)Cc1c(F)cccc1Cl. The number of rotatable bonds is 7. The standard InChI is InChI=1S/C21H22Cl3FN2O2/c1-12(2)26-21(29)13(3)27(11-14-7-8-17(23)18(24)9-14)20(28)10-15-16(22)5-4-6-19(15)25/h4-9,12-13H,10-11H2,1-3H3,(H,26,29). The topological polar surface area (TPSA) is 49.4 Å². The van der Waals surface area contributed by atoms with Gasteiger partial charge in [-0.25, -0.2) is 4.39 Å². The summed E-state index contributed by atoms with van der Waals surface area (Å²) in [7, 11) is 0. The summed E-state index contributed by atoms with van der Waals surface area (Å²) >= 11 is 18.1. The van der Waals surface area contributed by atoms with Gasteiger partial charge in [-0.05, 0) is 50.6 Å². The number of amides is 2. The summed E-state index contributed by atoms with van der Waals surface area (Å²) in [6.07, 6.45) is -0.272. The van der Waals surface area contributed by atoms with Crippen molar-refractivity contribution in [3.63, 3.8) is 0 Å². The minimum absolute atomic E-state index is 0.0899.